The SMILES string of the molecule is CCN(CC)S(=O)(=O)c1ccc(Cl)c(NS(=O)(=O)CCl)c1. The van der Waals surface area contributed by atoms with Crippen molar-refractivity contribution in [1.82, 2.24) is 4.31 Å². The fourth-order valence-corrected chi connectivity index (χ4v) is 4.08. The molecular weight excluding hydrogens is 359 g/mol. The number of nitrogens with one attached hydrogen (secondary N) is 1. The number of rotatable bonds is 7. The molecule has 1 N–H and O–H groups in total. The van der Waals surface area contributed by atoms with Crippen LogP contribution in [0.3, 0.4) is 0 Å². The van der Waals surface area contributed by atoms with Gasteiger partial charge >= 0.3 is 0 Å². The lowest BCUT2D eigenvalue weighted by molar-refractivity contribution is 0.445. The number of benzene rings is 1. The molecule has 0 radical (unpaired) electrons. The Morgan fingerprint density at radius 3 is 2.19 bits per heavy atom. The van der Waals surface area contributed by atoms with Crippen LogP contribution in [0.2, 0.25) is 5.02 Å². The first-order valence-corrected chi connectivity index (χ1v) is 10.0. The fraction of sp³-hybridized carbons (Fsp3) is 0.455. The molecule has 1 aromatic rings. The predicted octanol–water partition coefficient (Wildman–Crippen LogP) is 2.31. The minimum absolute atomic E-state index is 0.0226. The molecule has 0 amide bonds. The zero-order valence-corrected chi connectivity index (χ0v) is 14.7. The number of hydrogen-bond acceptors (Lipinski definition) is 4. The van der Waals surface area contributed by atoms with Crippen molar-refractivity contribution in [2.45, 2.75) is 18.7 Å². The van der Waals surface area contributed by atoms with Gasteiger partial charge in [0.25, 0.3) is 0 Å². The first-order valence-electron chi connectivity index (χ1n) is 6.04. The standard InChI is InChI=1S/C11H16Cl2N2O4S2/c1-3-15(4-2)21(18,19)9-5-6-10(13)11(7-9)14-20(16,17)8-12/h5-7,14H,3-4,8H2,1-2H3. The van der Waals surface area contributed by atoms with E-state index in [1.807, 2.05) is 0 Å². The van der Waals surface area contributed by atoms with E-state index in [-0.39, 0.29) is 15.6 Å². The Kier molecular flexibility index (Phi) is 6.30. The largest absolute Gasteiger partial charge is 0.281 e. The average molecular weight is 375 g/mol. The molecule has 1 rings (SSSR count). The summed E-state index contributed by atoms with van der Waals surface area (Å²) in [7, 11) is -7.46. The lowest BCUT2D eigenvalue weighted by atomic mass is 10.3. The van der Waals surface area contributed by atoms with Crippen molar-refractivity contribution < 1.29 is 16.8 Å². The van der Waals surface area contributed by atoms with E-state index in [0.29, 0.717) is 13.1 Å². The van der Waals surface area contributed by atoms with E-state index >= 15 is 0 Å². The zero-order valence-electron chi connectivity index (χ0n) is 11.5. The van der Waals surface area contributed by atoms with E-state index in [4.69, 9.17) is 23.2 Å². The fourth-order valence-electron chi connectivity index (χ4n) is 1.65. The molecule has 0 fully saturated rings. The highest BCUT2D eigenvalue weighted by molar-refractivity contribution is 7.93. The van der Waals surface area contributed by atoms with Crippen molar-refractivity contribution in [3.8, 4) is 0 Å². The van der Waals surface area contributed by atoms with Crippen molar-refractivity contribution in [3.63, 3.8) is 0 Å². The van der Waals surface area contributed by atoms with Crippen molar-refractivity contribution in [2.75, 3.05) is 23.0 Å². The van der Waals surface area contributed by atoms with Crippen LogP contribution in [-0.4, -0.2) is 39.4 Å². The van der Waals surface area contributed by atoms with Gasteiger partial charge in [-0.05, 0) is 18.2 Å². The molecule has 0 bridgehead atoms. The molecule has 10 heteroatoms. The zero-order chi connectivity index (χ0) is 16.3. The monoisotopic (exact) mass is 374 g/mol. The molecule has 0 heterocycles. The lowest BCUT2D eigenvalue weighted by Gasteiger charge is -2.19. The van der Waals surface area contributed by atoms with Crippen LogP contribution in [0.5, 0.6) is 0 Å². The van der Waals surface area contributed by atoms with Gasteiger partial charge in [0.15, 0.2) is 0 Å². The number of halogens is 2. The molecule has 0 spiro atoms. The summed E-state index contributed by atoms with van der Waals surface area (Å²) in [5.74, 6) is 0. The summed E-state index contributed by atoms with van der Waals surface area (Å²) in [5, 5.41) is -0.571. The maximum atomic E-state index is 12.4. The molecule has 0 aliphatic carbocycles. The smallest absolute Gasteiger partial charge is 0.246 e. The van der Waals surface area contributed by atoms with Gasteiger partial charge in [0.2, 0.25) is 20.0 Å². The molecule has 0 aromatic heterocycles. The maximum Gasteiger partial charge on any atom is 0.246 e. The number of alkyl halides is 1. The van der Waals surface area contributed by atoms with Crippen LogP contribution in [0.4, 0.5) is 5.69 Å². The molecule has 21 heavy (non-hydrogen) atoms. The van der Waals surface area contributed by atoms with E-state index in [1.54, 1.807) is 13.8 Å². The van der Waals surface area contributed by atoms with Gasteiger partial charge in [0.1, 0.15) is 5.21 Å². The van der Waals surface area contributed by atoms with E-state index in [2.05, 4.69) is 4.72 Å². The molecular formula is C11H16Cl2N2O4S2. The van der Waals surface area contributed by atoms with Crippen molar-refractivity contribution in [3.05, 3.63) is 23.2 Å². The van der Waals surface area contributed by atoms with E-state index in [9.17, 15) is 16.8 Å². The number of anilines is 1. The van der Waals surface area contributed by atoms with Crippen LogP contribution in [-0.2, 0) is 20.0 Å². The van der Waals surface area contributed by atoms with Gasteiger partial charge in [-0.1, -0.05) is 25.4 Å². The number of hydrogen-bond donors (Lipinski definition) is 1. The van der Waals surface area contributed by atoms with Gasteiger partial charge in [0, 0.05) is 13.1 Å². The first-order chi connectivity index (χ1) is 9.67. The van der Waals surface area contributed by atoms with Gasteiger partial charge in [-0.3, -0.25) is 4.72 Å². The van der Waals surface area contributed by atoms with Crippen molar-refractivity contribution >= 4 is 48.9 Å². The average Bonchev–Trinajstić information content (AvgIpc) is 2.42. The predicted molar refractivity (Wildman–Crippen MR) is 84.8 cm³/mol. The second-order valence-electron chi connectivity index (χ2n) is 4.06. The molecule has 0 aliphatic rings. The van der Waals surface area contributed by atoms with Gasteiger partial charge in [-0.25, -0.2) is 16.8 Å². The summed E-state index contributed by atoms with van der Waals surface area (Å²) in [5.41, 5.74) is -0.0226. The number of nitrogens with zero attached hydrogens (tertiary/aromatic N) is 1. The Bertz CT molecular complexity index is 701. The number of sulfonamides is 2. The normalized spacial score (nSPS) is 12.6. The Balaban J connectivity index is 3.30. The third kappa shape index (κ3) is 4.46. The molecule has 0 aliphatic heterocycles. The van der Waals surface area contributed by atoms with Crippen molar-refractivity contribution in [2.24, 2.45) is 0 Å². The minimum Gasteiger partial charge on any atom is -0.281 e. The second-order valence-corrected chi connectivity index (χ2v) is 8.71. The van der Waals surface area contributed by atoms with Crippen LogP contribution in [0.15, 0.2) is 23.1 Å². The highest BCUT2D eigenvalue weighted by Gasteiger charge is 2.23. The van der Waals surface area contributed by atoms with E-state index in [1.165, 1.54) is 22.5 Å². The van der Waals surface area contributed by atoms with E-state index in [0.717, 1.165) is 0 Å². The Morgan fingerprint density at radius 2 is 1.71 bits per heavy atom. The van der Waals surface area contributed by atoms with Crippen LogP contribution in [0.25, 0.3) is 0 Å². The van der Waals surface area contributed by atoms with Gasteiger partial charge in [0.05, 0.1) is 15.6 Å². The molecule has 0 saturated carbocycles. The third-order valence-electron chi connectivity index (χ3n) is 2.69. The first kappa shape index (κ1) is 18.5. The molecule has 1 aromatic carbocycles. The van der Waals surface area contributed by atoms with Crippen LogP contribution >= 0.6 is 23.2 Å². The quantitative estimate of drug-likeness (QED) is 0.742. The highest BCUT2D eigenvalue weighted by atomic mass is 35.5. The summed E-state index contributed by atoms with van der Waals surface area (Å²) in [6.07, 6.45) is 0. The third-order valence-corrected chi connectivity index (χ3v) is 6.75. The van der Waals surface area contributed by atoms with Crippen LogP contribution in [0.1, 0.15) is 13.8 Å². The Hall–Kier alpha value is -0.540. The topological polar surface area (TPSA) is 83.6 Å². The second kappa shape index (κ2) is 7.15. The van der Waals surface area contributed by atoms with E-state index < -0.39 is 25.3 Å². The summed E-state index contributed by atoms with van der Waals surface area (Å²) in [6.45, 7) is 4.05. The molecule has 0 saturated heterocycles. The summed E-state index contributed by atoms with van der Waals surface area (Å²) < 4.78 is 51.1. The van der Waals surface area contributed by atoms with Gasteiger partial charge < -0.3 is 0 Å². The molecule has 6 nitrogen and oxygen atoms in total. The van der Waals surface area contributed by atoms with Crippen molar-refractivity contribution in [1.29, 1.82) is 0 Å². The Labute approximate surface area is 135 Å². The summed E-state index contributed by atoms with van der Waals surface area (Å²) in [6, 6.07) is 3.83. The molecule has 120 valence electrons. The molecule has 0 unspecified atom stereocenters. The van der Waals surface area contributed by atoms with Crippen LogP contribution < -0.4 is 4.72 Å². The maximum absolute atomic E-state index is 12.4. The highest BCUT2D eigenvalue weighted by Crippen LogP contribution is 2.27. The summed E-state index contributed by atoms with van der Waals surface area (Å²) in [4.78, 5) is -0.0390. The lowest BCUT2D eigenvalue weighted by Crippen LogP contribution is -2.30. The minimum atomic E-state index is -3.77. The Morgan fingerprint density at radius 1 is 1.14 bits per heavy atom. The molecule has 0 atom stereocenters. The summed E-state index contributed by atoms with van der Waals surface area (Å²) >= 11 is 11.2. The van der Waals surface area contributed by atoms with Crippen LogP contribution in [0, 0.1) is 0 Å². The van der Waals surface area contributed by atoms with Gasteiger partial charge in [-0.2, -0.15) is 4.31 Å². The van der Waals surface area contributed by atoms with Gasteiger partial charge in [-0.15, -0.1) is 11.6 Å².